The zero-order valence-corrected chi connectivity index (χ0v) is 14.6. The molecular weight excluding hydrogens is 280 g/mol. The van der Waals surface area contributed by atoms with Crippen molar-refractivity contribution in [3.05, 3.63) is 6.07 Å². The van der Waals surface area contributed by atoms with Gasteiger partial charge in [-0.25, -0.2) is 9.97 Å². The van der Waals surface area contributed by atoms with E-state index in [9.17, 15) is 0 Å². The molecule has 0 atom stereocenters. The number of nitrogens with zero attached hydrogens (tertiary/aromatic N) is 3. The third-order valence-corrected chi connectivity index (χ3v) is 5.43. The smallest absolute Gasteiger partial charge is 0.191 e. The van der Waals surface area contributed by atoms with E-state index in [2.05, 4.69) is 42.0 Å². The van der Waals surface area contributed by atoms with Crippen molar-refractivity contribution in [1.82, 2.24) is 9.97 Å². The Bertz CT molecular complexity index is 450. The van der Waals surface area contributed by atoms with Crippen molar-refractivity contribution in [2.45, 2.75) is 51.6 Å². The fourth-order valence-electron chi connectivity index (χ4n) is 3.11. The normalized spacial score (nSPS) is 17.8. The maximum Gasteiger partial charge on any atom is 0.191 e. The molecule has 1 aromatic rings. The maximum atomic E-state index is 4.70. The number of aromatic nitrogens is 2. The highest BCUT2D eigenvalue weighted by molar-refractivity contribution is 7.98. The van der Waals surface area contributed by atoms with Crippen molar-refractivity contribution < 1.29 is 0 Å². The fraction of sp³-hybridized carbons (Fsp3) is 0.750. The third kappa shape index (κ3) is 3.82. The highest BCUT2D eigenvalue weighted by atomic mass is 32.2. The van der Waals surface area contributed by atoms with Crippen LogP contribution in [0.3, 0.4) is 0 Å². The van der Waals surface area contributed by atoms with Crippen LogP contribution in [0.1, 0.15) is 46.5 Å². The van der Waals surface area contributed by atoms with Gasteiger partial charge in [0.1, 0.15) is 11.6 Å². The van der Waals surface area contributed by atoms with Gasteiger partial charge in [0.2, 0.25) is 0 Å². The quantitative estimate of drug-likeness (QED) is 0.634. The van der Waals surface area contributed by atoms with E-state index in [1.807, 2.05) is 6.26 Å². The average Bonchev–Trinajstić information content (AvgIpc) is 2.55. The van der Waals surface area contributed by atoms with Gasteiger partial charge in [0.25, 0.3) is 0 Å². The monoisotopic (exact) mass is 308 g/mol. The molecule has 0 spiro atoms. The summed E-state index contributed by atoms with van der Waals surface area (Å²) in [5, 5.41) is 4.16. The molecule has 1 aliphatic heterocycles. The minimum absolute atomic E-state index is 0.552. The van der Waals surface area contributed by atoms with Gasteiger partial charge in [-0.2, -0.15) is 0 Å². The van der Waals surface area contributed by atoms with Crippen LogP contribution in [0.5, 0.6) is 0 Å². The Labute approximate surface area is 133 Å². The van der Waals surface area contributed by atoms with E-state index in [1.54, 1.807) is 11.8 Å². The van der Waals surface area contributed by atoms with Gasteiger partial charge >= 0.3 is 0 Å². The molecule has 118 valence electrons. The van der Waals surface area contributed by atoms with E-state index in [0.717, 1.165) is 36.4 Å². The second-order valence-corrected chi connectivity index (χ2v) is 6.60. The molecule has 0 bridgehead atoms. The number of hydrogen-bond acceptors (Lipinski definition) is 5. The molecular formula is C16H28N4S. The van der Waals surface area contributed by atoms with Gasteiger partial charge in [0, 0.05) is 25.7 Å². The molecule has 0 aromatic carbocycles. The predicted molar refractivity (Wildman–Crippen MR) is 92.4 cm³/mol. The van der Waals surface area contributed by atoms with E-state index in [4.69, 9.17) is 4.98 Å². The predicted octanol–water partition coefficient (Wildman–Crippen LogP) is 4.04. The minimum atomic E-state index is 0.552. The van der Waals surface area contributed by atoms with Crippen LogP contribution in [0.2, 0.25) is 0 Å². The van der Waals surface area contributed by atoms with E-state index in [-0.39, 0.29) is 0 Å². The van der Waals surface area contributed by atoms with Crippen LogP contribution in [0.4, 0.5) is 11.6 Å². The van der Waals surface area contributed by atoms with Crippen LogP contribution in [0, 0.1) is 5.41 Å². The Kier molecular flexibility index (Phi) is 5.73. The Morgan fingerprint density at radius 1 is 1.19 bits per heavy atom. The molecule has 0 aliphatic carbocycles. The van der Waals surface area contributed by atoms with Crippen molar-refractivity contribution in [2.75, 3.05) is 36.1 Å². The van der Waals surface area contributed by atoms with Crippen LogP contribution in [-0.4, -0.2) is 35.9 Å². The number of nitrogens with one attached hydrogen (secondary N) is 1. The summed E-state index contributed by atoms with van der Waals surface area (Å²) in [4.78, 5) is 11.6. The third-order valence-electron chi connectivity index (χ3n) is 4.88. The average molecular weight is 308 g/mol. The van der Waals surface area contributed by atoms with Crippen LogP contribution in [-0.2, 0) is 0 Å². The number of rotatable bonds is 6. The molecule has 2 heterocycles. The Hall–Kier alpha value is -0.970. The molecule has 21 heavy (non-hydrogen) atoms. The van der Waals surface area contributed by atoms with Crippen molar-refractivity contribution in [3.63, 3.8) is 0 Å². The van der Waals surface area contributed by atoms with E-state index >= 15 is 0 Å². The zero-order valence-electron chi connectivity index (χ0n) is 13.8. The molecule has 0 saturated carbocycles. The van der Waals surface area contributed by atoms with Gasteiger partial charge in [-0.1, -0.05) is 38.5 Å². The lowest BCUT2D eigenvalue weighted by molar-refractivity contribution is 0.199. The van der Waals surface area contributed by atoms with Crippen LogP contribution in [0.25, 0.3) is 0 Å². The van der Waals surface area contributed by atoms with Gasteiger partial charge in [0.15, 0.2) is 5.16 Å². The lowest BCUT2D eigenvalue weighted by Gasteiger charge is -2.41. The molecule has 1 N–H and O–H groups in total. The fourth-order valence-corrected chi connectivity index (χ4v) is 3.48. The summed E-state index contributed by atoms with van der Waals surface area (Å²) in [5.41, 5.74) is 0.552. The van der Waals surface area contributed by atoms with Crippen molar-refractivity contribution in [2.24, 2.45) is 5.41 Å². The molecule has 0 unspecified atom stereocenters. The first-order valence-corrected chi connectivity index (χ1v) is 9.30. The molecule has 4 nitrogen and oxygen atoms in total. The lowest BCUT2D eigenvalue weighted by atomic mass is 9.74. The largest absolute Gasteiger partial charge is 0.370 e. The molecule has 1 aliphatic rings. The van der Waals surface area contributed by atoms with E-state index in [0.29, 0.717) is 5.41 Å². The van der Waals surface area contributed by atoms with Gasteiger partial charge in [-0.3, -0.25) is 0 Å². The topological polar surface area (TPSA) is 41.0 Å². The number of piperidine rings is 1. The van der Waals surface area contributed by atoms with E-state index in [1.165, 1.54) is 25.7 Å². The second kappa shape index (κ2) is 7.34. The van der Waals surface area contributed by atoms with E-state index < -0.39 is 0 Å². The number of hydrogen-bond donors (Lipinski definition) is 1. The summed E-state index contributed by atoms with van der Waals surface area (Å²) in [6.45, 7) is 9.87. The van der Waals surface area contributed by atoms with Crippen LogP contribution < -0.4 is 10.2 Å². The van der Waals surface area contributed by atoms with Gasteiger partial charge in [0.05, 0.1) is 0 Å². The SMILES string of the molecule is CCNc1cc(N2CCC(CC)(CC)CC2)nc(SC)n1. The van der Waals surface area contributed by atoms with Gasteiger partial charge in [-0.05, 0) is 31.4 Å². The first-order valence-electron chi connectivity index (χ1n) is 8.08. The molecule has 1 saturated heterocycles. The van der Waals surface area contributed by atoms with Gasteiger partial charge < -0.3 is 10.2 Å². The Morgan fingerprint density at radius 2 is 1.86 bits per heavy atom. The maximum absolute atomic E-state index is 4.70. The molecule has 1 aromatic heterocycles. The summed E-state index contributed by atoms with van der Waals surface area (Å²) < 4.78 is 0. The molecule has 0 radical (unpaired) electrons. The summed E-state index contributed by atoms with van der Waals surface area (Å²) in [5.74, 6) is 2.01. The van der Waals surface area contributed by atoms with Crippen molar-refractivity contribution in [3.8, 4) is 0 Å². The van der Waals surface area contributed by atoms with Crippen molar-refractivity contribution >= 4 is 23.4 Å². The molecule has 2 rings (SSSR count). The summed E-state index contributed by atoms with van der Waals surface area (Å²) in [6, 6.07) is 2.09. The highest BCUT2D eigenvalue weighted by Crippen LogP contribution is 2.39. The first-order chi connectivity index (χ1) is 10.2. The van der Waals surface area contributed by atoms with Crippen molar-refractivity contribution in [1.29, 1.82) is 0 Å². The summed E-state index contributed by atoms with van der Waals surface area (Å²) in [6.07, 6.45) is 7.16. The highest BCUT2D eigenvalue weighted by Gasteiger charge is 2.31. The minimum Gasteiger partial charge on any atom is -0.370 e. The first kappa shape index (κ1) is 16.4. The summed E-state index contributed by atoms with van der Waals surface area (Å²) in [7, 11) is 0. The molecule has 0 amide bonds. The molecule has 1 fully saturated rings. The molecule has 5 heteroatoms. The Morgan fingerprint density at radius 3 is 2.38 bits per heavy atom. The summed E-state index contributed by atoms with van der Waals surface area (Å²) >= 11 is 1.61. The van der Waals surface area contributed by atoms with Crippen LogP contribution in [0.15, 0.2) is 11.2 Å². The Balaban J connectivity index is 2.14. The zero-order chi connectivity index (χ0) is 15.3. The number of anilines is 2. The standard InChI is InChI=1S/C16H28N4S/c1-5-16(6-2)8-10-20(11-9-16)14-12-13(17-7-3)18-15(19-14)21-4/h12H,5-11H2,1-4H3,(H,17,18,19). The van der Waals surface area contributed by atoms with Gasteiger partial charge in [-0.15, -0.1) is 0 Å². The lowest BCUT2D eigenvalue weighted by Crippen LogP contribution is -2.40. The number of thioether (sulfide) groups is 1. The second-order valence-electron chi connectivity index (χ2n) is 5.82. The van der Waals surface area contributed by atoms with Crippen LogP contribution >= 0.6 is 11.8 Å².